The molecule has 0 saturated carbocycles. The number of rotatable bonds is 3. The number of hydrogen-bond acceptors (Lipinski definition) is 2. The Morgan fingerprint density at radius 2 is 2.12 bits per heavy atom. The van der Waals surface area contributed by atoms with E-state index in [2.05, 4.69) is 24.1 Å². The molecule has 1 aliphatic rings. The number of nitrogens with one attached hydrogen (secondary N) is 1. The Morgan fingerprint density at radius 3 is 2.76 bits per heavy atom. The molecule has 0 radical (unpaired) electrons. The van der Waals surface area contributed by atoms with Gasteiger partial charge in [0.2, 0.25) is 0 Å². The second-order valence-corrected chi connectivity index (χ2v) is 5.00. The molecule has 1 N–H and O–H groups in total. The molecule has 0 amide bonds. The SMILES string of the molecule is CC(CN1CCNC[C@H]1C)c1ccc(F)cc1. The van der Waals surface area contributed by atoms with Gasteiger partial charge in [-0.25, -0.2) is 4.39 Å². The monoisotopic (exact) mass is 236 g/mol. The summed E-state index contributed by atoms with van der Waals surface area (Å²) in [7, 11) is 0. The maximum absolute atomic E-state index is 12.9. The summed E-state index contributed by atoms with van der Waals surface area (Å²) in [5.41, 5.74) is 1.22. The molecule has 2 rings (SSSR count). The van der Waals surface area contributed by atoms with Crippen molar-refractivity contribution in [2.24, 2.45) is 0 Å². The van der Waals surface area contributed by atoms with Gasteiger partial charge in [0.25, 0.3) is 0 Å². The van der Waals surface area contributed by atoms with Crippen LogP contribution in [0.5, 0.6) is 0 Å². The van der Waals surface area contributed by atoms with Gasteiger partial charge >= 0.3 is 0 Å². The second kappa shape index (κ2) is 5.61. The topological polar surface area (TPSA) is 15.3 Å². The molecule has 1 aromatic rings. The van der Waals surface area contributed by atoms with E-state index in [-0.39, 0.29) is 5.82 Å². The number of hydrogen-bond donors (Lipinski definition) is 1. The van der Waals surface area contributed by atoms with E-state index in [1.807, 2.05) is 12.1 Å². The highest BCUT2D eigenvalue weighted by atomic mass is 19.1. The summed E-state index contributed by atoms with van der Waals surface area (Å²) in [4.78, 5) is 2.50. The molecule has 1 aromatic carbocycles. The molecule has 2 atom stereocenters. The van der Waals surface area contributed by atoms with Crippen molar-refractivity contribution in [3.05, 3.63) is 35.6 Å². The third-order valence-electron chi connectivity index (χ3n) is 3.59. The lowest BCUT2D eigenvalue weighted by atomic mass is 9.99. The van der Waals surface area contributed by atoms with Gasteiger partial charge < -0.3 is 5.32 Å². The van der Waals surface area contributed by atoms with Crippen LogP contribution < -0.4 is 5.32 Å². The highest BCUT2D eigenvalue weighted by Crippen LogP contribution is 2.18. The van der Waals surface area contributed by atoms with Crippen molar-refractivity contribution >= 4 is 0 Å². The van der Waals surface area contributed by atoms with Crippen molar-refractivity contribution in [3.8, 4) is 0 Å². The summed E-state index contributed by atoms with van der Waals surface area (Å²) in [5.74, 6) is 0.299. The summed E-state index contributed by atoms with van der Waals surface area (Å²) in [6, 6.07) is 7.48. The zero-order chi connectivity index (χ0) is 12.3. The van der Waals surface area contributed by atoms with Crippen LogP contribution in [0.25, 0.3) is 0 Å². The first-order valence-electron chi connectivity index (χ1n) is 6.37. The Balaban J connectivity index is 1.95. The molecule has 1 fully saturated rings. The lowest BCUT2D eigenvalue weighted by molar-refractivity contribution is 0.166. The van der Waals surface area contributed by atoms with Gasteiger partial charge in [0.15, 0.2) is 0 Å². The molecular weight excluding hydrogens is 215 g/mol. The first-order valence-corrected chi connectivity index (χ1v) is 6.37. The van der Waals surface area contributed by atoms with Crippen LogP contribution in [0.2, 0.25) is 0 Å². The molecule has 17 heavy (non-hydrogen) atoms. The summed E-state index contributed by atoms with van der Waals surface area (Å²) in [5, 5.41) is 3.39. The van der Waals surface area contributed by atoms with Crippen LogP contribution in [0.4, 0.5) is 4.39 Å². The molecule has 94 valence electrons. The second-order valence-electron chi connectivity index (χ2n) is 5.00. The Labute approximate surface area is 103 Å². The third-order valence-corrected chi connectivity index (χ3v) is 3.59. The summed E-state index contributed by atoms with van der Waals surface area (Å²) in [6.07, 6.45) is 0. The lowest BCUT2D eigenvalue weighted by Gasteiger charge is -2.35. The minimum atomic E-state index is -0.156. The molecule has 0 spiro atoms. The standard InChI is InChI=1S/C14H21FN2/c1-11(13-3-5-14(15)6-4-13)10-17-8-7-16-9-12(17)2/h3-6,11-12,16H,7-10H2,1-2H3/t11?,12-/m1/s1. The highest BCUT2D eigenvalue weighted by Gasteiger charge is 2.20. The van der Waals surface area contributed by atoms with Crippen LogP contribution in [0.3, 0.4) is 0 Å². The van der Waals surface area contributed by atoms with Crippen molar-refractivity contribution < 1.29 is 4.39 Å². The Bertz CT molecular complexity index is 350. The van der Waals surface area contributed by atoms with Crippen molar-refractivity contribution in [3.63, 3.8) is 0 Å². The molecular formula is C14H21FN2. The number of benzene rings is 1. The Kier molecular flexibility index (Phi) is 4.13. The lowest BCUT2D eigenvalue weighted by Crippen LogP contribution is -2.50. The van der Waals surface area contributed by atoms with E-state index in [9.17, 15) is 4.39 Å². The first-order chi connectivity index (χ1) is 8.16. The summed E-state index contributed by atoms with van der Waals surface area (Å²) in [6.45, 7) is 8.75. The molecule has 0 aliphatic carbocycles. The predicted molar refractivity (Wildman–Crippen MR) is 68.7 cm³/mol. The van der Waals surface area contributed by atoms with Crippen LogP contribution in [0.1, 0.15) is 25.3 Å². The van der Waals surface area contributed by atoms with E-state index in [0.29, 0.717) is 12.0 Å². The van der Waals surface area contributed by atoms with Crippen LogP contribution >= 0.6 is 0 Å². The van der Waals surface area contributed by atoms with Gasteiger partial charge in [-0.2, -0.15) is 0 Å². The average Bonchev–Trinajstić information content (AvgIpc) is 2.33. The Hall–Kier alpha value is -0.930. The van der Waals surface area contributed by atoms with Gasteiger partial charge in [0, 0.05) is 32.2 Å². The number of nitrogens with zero attached hydrogens (tertiary/aromatic N) is 1. The smallest absolute Gasteiger partial charge is 0.123 e. The average molecular weight is 236 g/mol. The van der Waals surface area contributed by atoms with E-state index < -0.39 is 0 Å². The van der Waals surface area contributed by atoms with Crippen LogP contribution in [-0.4, -0.2) is 37.1 Å². The van der Waals surface area contributed by atoms with E-state index in [1.165, 1.54) is 5.56 Å². The summed E-state index contributed by atoms with van der Waals surface area (Å²) >= 11 is 0. The Morgan fingerprint density at radius 1 is 1.41 bits per heavy atom. The largest absolute Gasteiger partial charge is 0.314 e. The quantitative estimate of drug-likeness (QED) is 0.865. The molecule has 1 unspecified atom stereocenters. The van der Waals surface area contributed by atoms with Gasteiger partial charge in [-0.1, -0.05) is 19.1 Å². The van der Waals surface area contributed by atoms with Gasteiger partial charge in [-0.15, -0.1) is 0 Å². The molecule has 0 aromatic heterocycles. The zero-order valence-corrected chi connectivity index (χ0v) is 10.6. The third kappa shape index (κ3) is 3.27. The van der Waals surface area contributed by atoms with Gasteiger partial charge in [-0.3, -0.25) is 4.90 Å². The molecule has 1 saturated heterocycles. The van der Waals surface area contributed by atoms with Crippen LogP contribution in [0.15, 0.2) is 24.3 Å². The normalized spacial score (nSPS) is 23.6. The zero-order valence-electron chi connectivity index (χ0n) is 10.6. The van der Waals surface area contributed by atoms with Crippen molar-refractivity contribution in [2.75, 3.05) is 26.2 Å². The van der Waals surface area contributed by atoms with E-state index in [1.54, 1.807) is 12.1 Å². The minimum absolute atomic E-state index is 0.156. The summed E-state index contributed by atoms with van der Waals surface area (Å²) < 4.78 is 12.9. The molecule has 1 aliphatic heterocycles. The highest BCUT2D eigenvalue weighted by molar-refractivity contribution is 5.20. The maximum Gasteiger partial charge on any atom is 0.123 e. The fraction of sp³-hybridized carbons (Fsp3) is 0.571. The first kappa shape index (κ1) is 12.5. The van der Waals surface area contributed by atoms with Crippen molar-refractivity contribution in [2.45, 2.75) is 25.8 Å². The van der Waals surface area contributed by atoms with Gasteiger partial charge in [-0.05, 0) is 30.5 Å². The van der Waals surface area contributed by atoms with Gasteiger partial charge in [0.1, 0.15) is 5.82 Å². The predicted octanol–water partition coefficient (Wildman–Crippen LogP) is 2.22. The van der Waals surface area contributed by atoms with E-state index in [4.69, 9.17) is 0 Å². The molecule has 3 heteroatoms. The van der Waals surface area contributed by atoms with E-state index in [0.717, 1.165) is 26.2 Å². The van der Waals surface area contributed by atoms with Crippen molar-refractivity contribution in [1.29, 1.82) is 0 Å². The van der Waals surface area contributed by atoms with E-state index >= 15 is 0 Å². The molecule has 2 nitrogen and oxygen atoms in total. The van der Waals surface area contributed by atoms with Crippen LogP contribution in [-0.2, 0) is 0 Å². The number of halogens is 1. The van der Waals surface area contributed by atoms with Crippen molar-refractivity contribution in [1.82, 2.24) is 10.2 Å². The van der Waals surface area contributed by atoms with Gasteiger partial charge in [0.05, 0.1) is 0 Å². The maximum atomic E-state index is 12.9. The molecule has 1 heterocycles. The van der Waals surface area contributed by atoms with Crippen LogP contribution in [0, 0.1) is 5.82 Å². The fourth-order valence-corrected chi connectivity index (χ4v) is 2.40. The number of piperazine rings is 1. The minimum Gasteiger partial charge on any atom is -0.314 e. The molecule has 0 bridgehead atoms. The fourth-order valence-electron chi connectivity index (χ4n) is 2.40.